The summed E-state index contributed by atoms with van der Waals surface area (Å²) < 4.78 is 3.79. The number of carbonyl (C=O) groups is 1. The highest BCUT2D eigenvalue weighted by Gasteiger charge is 2.17. The minimum Gasteiger partial charge on any atom is -0.349 e. The van der Waals surface area contributed by atoms with Crippen molar-refractivity contribution in [3.05, 3.63) is 53.3 Å². The van der Waals surface area contributed by atoms with Crippen molar-refractivity contribution in [3.8, 4) is 5.69 Å². The molecule has 0 saturated heterocycles. The second-order valence-corrected chi connectivity index (χ2v) is 6.39. The average molecular weight is 341 g/mol. The molecule has 0 aliphatic rings. The zero-order chi connectivity index (χ0) is 17.1. The Morgan fingerprint density at radius 2 is 1.96 bits per heavy atom. The third kappa shape index (κ3) is 3.12. The number of hydrogen-bond donors (Lipinski definition) is 0. The molecule has 0 unspecified atom stereocenters. The van der Waals surface area contributed by atoms with Crippen molar-refractivity contribution in [2.45, 2.75) is 32.5 Å². The van der Waals surface area contributed by atoms with Gasteiger partial charge in [0.25, 0.3) is 0 Å². The normalized spacial score (nSPS) is 11.0. The van der Waals surface area contributed by atoms with Crippen molar-refractivity contribution in [2.75, 3.05) is 5.75 Å². The molecule has 2 aromatic heterocycles. The van der Waals surface area contributed by atoms with Gasteiger partial charge in [-0.05, 0) is 49.4 Å². The van der Waals surface area contributed by atoms with Gasteiger partial charge in [-0.15, -0.1) is 5.10 Å². The van der Waals surface area contributed by atoms with E-state index in [1.165, 1.54) is 11.8 Å². The molecule has 0 aliphatic carbocycles. The van der Waals surface area contributed by atoms with Gasteiger partial charge in [-0.25, -0.2) is 0 Å². The van der Waals surface area contributed by atoms with E-state index >= 15 is 0 Å². The van der Waals surface area contributed by atoms with E-state index in [9.17, 15) is 4.79 Å². The van der Waals surface area contributed by atoms with Crippen LogP contribution in [0.1, 0.15) is 28.7 Å². The number of carbonyl (C=O) groups excluding carboxylic acids is 1. The summed E-state index contributed by atoms with van der Waals surface area (Å²) in [5.74, 6) is 0.400. The quantitative estimate of drug-likeness (QED) is 0.509. The number of rotatable bonds is 6. The standard InChI is InChI=1S/C17H19N5OS/c1-4-21-12(2)10-15(13(21)3)16(23)11-24-17-18-19-20-22(17)14-8-6-5-7-9-14/h5-10H,4,11H2,1-3H3. The second-order valence-electron chi connectivity index (χ2n) is 5.45. The molecular weight excluding hydrogens is 322 g/mol. The molecule has 0 bridgehead atoms. The van der Waals surface area contributed by atoms with Gasteiger partial charge in [-0.3, -0.25) is 4.79 Å². The molecule has 24 heavy (non-hydrogen) atoms. The molecule has 0 fully saturated rings. The molecule has 0 spiro atoms. The molecule has 7 heteroatoms. The number of para-hydroxylation sites is 1. The maximum Gasteiger partial charge on any atom is 0.214 e. The molecule has 0 N–H and O–H groups in total. The van der Waals surface area contributed by atoms with E-state index in [1.54, 1.807) is 4.68 Å². The summed E-state index contributed by atoms with van der Waals surface area (Å²) in [6, 6.07) is 11.6. The van der Waals surface area contributed by atoms with Crippen LogP contribution in [0.15, 0.2) is 41.6 Å². The lowest BCUT2D eigenvalue weighted by molar-refractivity contribution is 0.102. The fraction of sp³-hybridized carbons (Fsp3) is 0.294. The summed E-state index contributed by atoms with van der Waals surface area (Å²) in [6.07, 6.45) is 0. The van der Waals surface area contributed by atoms with Crippen LogP contribution in [0, 0.1) is 13.8 Å². The fourth-order valence-corrected chi connectivity index (χ4v) is 3.55. The van der Waals surface area contributed by atoms with E-state index in [0.717, 1.165) is 29.2 Å². The summed E-state index contributed by atoms with van der Waals surface area (Å²) >= 11 is 1.35. The second kappa shape index (κ2) is 7.00. The fourth-order valence-electron chi connectivity index (χ4n) is 2.78. The van der Waals surface area contributed by atoms with Crippen LogP contribution in [0.4, 0.5) is 0 Å². The maximum absolute atomic E-state index is 12.6. The number of aryl methyl sites for hydroxylation is 1. The van der Waals surface area contributed by atoms with Gasteiger partial charge in [0.2, 0.25) is 5.16 Å². The Hall–Kier alpha value is -2.41. The first-order valence-electron chi connectivity index (χ1n) is 7.78. The minimum absolute atomic E-state index is 0.0930. The Kier molecular flexibility index (Phi) is 4.80. The number of ketones is 1. The smallest absolute Gasteiger partial charge is 0.214 e. The highest BCUT2D eigenvalue weighted by molar-refractivity contribution is 7.99. The molecule has 0 radical (unpaired) electrons. The van der Waals surface area contributed by atoms with E-state index in [1.807, 2.05) is 50.2 Å². The van der Waals surface area contributed by atoms with Crippen molar-refractivity contribution in [3.63, 3.8) is 0 Å². The lowest BCUT2D eigenvalue weighted by atomic mass is 10.2. The predicted molar refractivity (Wildman–Crippen MR) is 93.8 cm³/mol. The maximum atomic E-state index is 12.6. The third-order valence-corrected chi connectivity index (χ3v) is 4.88. The Morgan fingerprint density at radius 3 is 2.62 bits per heavy atom. The zero-order valence-corrected chi connectivity index (χ0v) is 14.7. The van der Waals surface area contributed by atoms with Crippen LogP contribution in [-0.4, -0.2) is 36.3 Å². The van der Waals surface area contributed by atoms with Crippen LogP contribution >= 0.6 is 11.8 Å². The first-order chi connectivity index (χ1) is 11.6. The van der Waals surface area contributed by atoms with Crippen LogP contribution < -0.4 is 0 Å². The number of aromatic nitrogens is 5. The molecule has 3 rings (SSSR count). The zero-order valence-electron chi connectivity index (χ0n) is 13.9. The van der Waals surface area contributed by atoms with Gasteiger partial charge in [0.15, 0.2) is 5.78 Å². The van der Waals surface area contributed by atoms with Crippen molar-refractivity contribution < 1.29 is 4.79 Å². The largest absolute Gasteiger partial charge is 0.349 e. The molecule has 0 saturated carbocycles. The monoisotopic (exact) mass is 341 g/mol. The molecule has 0 amide bonds. The van der Waals surface area contributed by atoms with Crippen molar-refractivity contribution in [1.29, 1.82) is 0 Å². The Morgan fingerprint density at radius 1 is 1.21 bits per heavy atom. The van der Waals surface area contributed by atoms with Gasteiger partial charge in [0, 0.05) is 23.5 Å². The lowest BCUT2D eigenvalue weighted by Crippen LogP contribution is -2.07. The van der Waals surface area contributed by atoms with E-state index in [-0.39, 0.29) is 5.78 Å². The molecule has 6 nitrogen and oxygen atoms in total. The molecule has 3 aromatic rings. The Bertz CT molecular complexity index is 853. The van der Waals surface area contributed by atoms with Crippen LogP contribution in [0.3, 0.4) is 0 Å². The molecule has 0 aliphatic heterocycles. The highest BCUT2D eigenvalue weighted by Crippen LogP contribution is 2.22. The van der Waals surface area contributed by atoms with E-state index < -0.39 is 0 Å². The van der Waals surface area contributed by atoms with Gasteiger partial charge >= 0.3 is 0 Å². The van der Waals surface area contributed by atoms with E-state index in [0.29, 0.717) is 10.9 Å². The first-order valence-corrected chi connectivity index (χ1v) is 8.77. The van der Waals surface area contributed by atoms with Crippen molar-refractivity contribution >= 4 is 17.5 Å². The number of thioether (sulfide) groups is 1. The molecule has 2 heterocycles. The number of tetrazole rings is 1. The summed E-state index contributed by atoms with van der Waals surface area (Å²) in [5, 5.41) is 12.4. The lowest BCUT2D eigenvalue weighted by Gasteiger charge is -2.06. The van der Waals surface area contributed by atoms with Gasteiger partial charge in [0.05, 0.1) is 11.4 Å². The third-order valence-electron chi connectivity index (χ3n) is 3.96. The predicted octanol–water partition coefficient (Wildman–Crippen LogP) is 3.08. The molecule has 1 aromatic carbocycles. The minimum atomic E-state index is 0.0930. The summed E-state index contributed by atoms with van der Waals surface area (Å²) in [4.78, 5) is 12.6. The van der Waals surface area contributed by atoms with Gasteiger partial charge in [0.1, 0.15) is 0 Å². The number of benzene rings is 1. The number of nitrogens with zero attached hydrogens (tertiary/aromatic N) is 5. The Labute approximate surface area is 144 Å². The van der Waals surface area contributed by atoms with Crippen LogP contribution in [0.2, 0.25) is 0 Å². The van der Waals surface area contributed by atoms with E-state index in [4.69, 9.17) is 0 Å². The number of Topliss-reactive ketones (excluding diaryl/α,β-unsaturated/α-hetero) is 1. The number of hydrogen-bond acceptors (Lipinski definition) is 5. The van der Waals surface area contributed by atoms with Gasteiger partial charge < -0.3 is 4.57 Å². The average Bonchev–Trinajstić information content (AvgIpc) is 3.17. The molecule has 0 atom stereocenters. The summed E-state index contributed by atoms with van der Waals surface area (Å²) in [6.45, 7) is 6.96. The molecule has 124 valence electrons. The van der Waals surface area contributed by atoms with Gasteiger partial charge in [-0.1, -0.05) is 30.0 Å². The van der Waals surface area contributed by atoms with E-state index in [2.05, 4.69) is 27.0 Å². The van der Waals surface area contributed by atoms with Crippen LogP contribution in [-0.2, 0) is 6.54 Å². The van der Waals surface area contributed by atoms with Crippen molar-refractivity contribution in [1.82, 2.24) is 24.8 Å². The van der Waals surface area contributed by atoms with Crippen molar-refractivity contribution in [2.24, 2.45) is 0 Å². The highest BCUT2D eigenvalue weighted by atomic mass is 32.2. The SMILES string of the molecule is CCn1c(C)cc(C(=O)CSc2nnnn2-c2ccccc2)c1C. The molecular formula is C17H19N5OS. The Balaban J connectivity index is 1.76. The van der Waals surface area contributed by atoms with Crippen LogP contribution in [0.5, 0.6) is 0 Å². The topological polar surface area (TPSA) is 65.6 Å². The first kappa shape index (κ1) is 16.4. The summed E-state index contributed by atoms with van der Waals surface area (Å²) in [7, 11) is 0. The summed E-state index contributed by atoms with van der Waals surface area (Å²) in [5.41, 5.74) is 3.78. The van der Waals surface area contributed by atoms with Gasteiger partial charge in [-0.2, -0.15) is 4.68 Å². The van der Waals surface area contributed by atoms with Crippen LogP contribution in [0.25, 0.3) is 5.69 Å².